The maximum absolute atomic E-state index is 10.1. The number of carboxylic acid groups (broad SMARTS) is 3. The van der Waals surface area contributed by atoms with Crippen molar-refractivity contribution in [2.75, 3.05) is 39.3 Å². The van der Waals surface area contributed by atoms with Crippen molar-refractivity contribution < 1.29 is 51.4 Å². The first-order chi connectivity index (χ1) is 13.7. The van der Waals surface area contributed by atoms with Crippen molar-refractivity contribution in [1.82, 2.24) is 14.7 Å². The fourth-order valence-electron chi connectivity index (χ4n) is 1.82. The third kappa shape index (κ3) is 39.5. The fourth-order valence-corrected chi connectivity index (χ4v) is 1.82. The number of allylic oxidation sites excluding steroid dienone is 4. The Labute approximate surface area is 232 Å². The molecule has 3 amide bonds. The summed E-state index contributed by atoms with van der Waals surface area (Å²) >= 11 is 0. The number of nitrogens with zero attached hydrogens (tertiary/aromatic N) is 3. The Bertz CT molecular complexity index is 429. The molecule has 0 saturated carbocycles. The standard InChI is InChI=1S/3C5H11NO2.C5H5.5CH3.Ti/c3*1-3-6(4-2)5(7)8;1-2-4-5-3-1;;;;;;/h3*3-4H2,1-2H3,(H,7,8);1-3H,4H2;5*1H3;/q;;;6*-1;. The zero-order valence-electron chi connectivity index (χ0n) is 24.1. The molecule has 0 aliphatic heterocycles. The Morgan fingerprint density at radius 1 is 0.629 bits per heavy atom. The molecule has 0 fully saturated rings. The van der Waals surface area contributed by atoms with Gasteiger partial charge in [-0.05, 0) is 41.5 Å². The van der Waals surface area contributed by atoms with Crippen LogP contribution in [0.5, 0.6) is 0 Å². The summed E-state index contributed by atoms with van der Waals surface area (Å²) < 4.78 is 0. The van der Waals surface area contributed by atoms with Crippen LogP contribution in [0.1, 0.15) is 48.0 Å². The Morgan fingerprint density at radius 2 is 0.857 bits per heavy atom. The molecule has 0 aromatic rings. The normalized spacial score (nSPS) is 8.51. The van der Waals surface area contributed by atoms with Gasteiger partial charge in [-0.1, -0.05) is 0 Å². The predicted molar refractivity (Wildman–Crippen MR) is 146 cm³/mol. The summed E-state index contributed by atoms with van der Waals surface area (Å²) in [5, 5.41) is 24.9. The van der Waals surface area contributed by atoms with E-state index >= 15 is 0 Å². The van der Waals surface area contributed by atoms with E-state index in [0.29, 0.717) is 39.3 Å². The Balaban J connectivity index is -0.0000000351. The largest absolute Gasteiger partial charge is 0.465 e. The van der Waals surface area contributed by atoms with Gasteiger partial charge in [-0.2, -0.15) is 6.08 Å². The van der Waals surface area contributed by atoms with Crippen LogP contribution in [0.15, 0.2) is 18.2 Å². The van der Waals surface area contributed by atoms with Crippen LogP contribution in [0.3, 0.4) is 0 Å². The summed E-state index contributed by atoms with van der Waals surface area (Å²) in [7, 11) is 0. The van der Waals surface area contributed by atoms with Crippen molar-refractivity contribution >= 4 is 18.3 Å². The molecule has 0 heterocycles. The molecule has 1 rings (SSSR count). The van der Waals surface area contributed by atoms with Crippen LogP contribution in [0.4, 0.5) is 14.4 Å². The molecule has 0 bridgehead atoms. The van der Waals surface area contributed by atoms with E-state index < -0.39 is 18.3 Å². The first-order valence-electron chi connectivity index (χ1n) is 9.81. The second kappa shape index (κ2) is 42.2. The smallest absolute Gasteiger partial charge is 0.407 e. The number of carbonyl (C=O) groups is 3. The summed E-state index contributed by atoms with van der Waals surface area (Å²) in [5.74, 6) is 0. The zero-order valence-corrected chi connectivity index (χ0v) is 25.7. The molecule has 35 heavy (non-hydrogen) atoms. The van der Waals surface area contributed by atoms with Gasteiger partial charge in [0.15, 0.2) is 0 Å². The molecule has 0 spiro atoms. The predicted octanol–water partition coefficient (Wildman–Crippen LogP) is 6.57. The van der Waals surface area contributed by atoms with E-state index in [9.17, 15) is 14.4 Å². The average Bonchev–Trinajstić information content (AvgIpc) is 3.25. The first-order valence-corrected chi connectivity index (χ1v) is 9.81. The van der Waals surface area contributed by atoms with Gasteiger partial charge in [0.05, 0.1) is 0 Å². The van der Waals surface area contributed by atoms with Gasteiger partial charge in [-0.15, -0.1) is 6.42 Å². The maximum atomic E-state index is 10.1. The maximum Gasteiger partial charge on any atom is 0.407 e. The number of amides is 3. The Morgan fingerprint density at radius 3 is 0.886 bits per heavy atom. The number of hydrogen-bond donors (Lipinski definition) is 3. The van der Waals surface area contributed by atoms with Crippen LogP contribution in [-0.4, -0.2) is 87.6 Å². The van der Waals surface area contributed by atoms with E-state index in [2.05, 4.69) is 12.2 Å². The van der Waals surface area contributed by atoms with Gasteiger partial charge in [-0.3, -0.25) is 6.08 Å². The van der Waals surface area contributed by atoms with Crippen LogP contribution in [0.25, 0.3) is 0 Å². The molecule has 0 radical (unpaired) electrons. The minimum absolute atomic E-state index is 0. The summed E-state index contributed by atoms with van der Waals surface area (Å²) in [6.45, 7) is 14.4. The zero-order chi connectivity index (χ0) is 23.2. The average molecular weight is 540 g/mol. The molecule has 0 aromatic carbocycles. The molecule has 214 valence electrons. The van der Waals surface area contributed by atoms with Crippen LogP contribution in [0, 0.1) is 43.2 Å². The minimum Gasteiger partial charge on any atom is -0.465 e. The summed E-state index contributed by atoms with van der Waals surface area (Å²) in [6, 6.07) is 0. The molecule has 0 unspecified atom stereocenters. The quantitative estimate of drug-likeness (QED) is 0.259. The topological polar surface area (TPSA) is 122 Å². The molecule has 0 aromatic heterocycles. The van der Waals surface area contributed by atoms with Crippen molar-refractivity contribution in [2.24, 2.45) is 0 Å². The van der Waals surface area contributed by atoms with Crippen molar-refractivity contribution in [3.8, 4) is 0 Å². The third-order valence-electron chi connectivity index (χ3n) is 3.69. The van der Waals surface area contributed by atoms with Gasteiger partial charge in [0.2, 0.25) is 0 Å². The molecule has 0 saturated heterocycles. The van der Waals surface area contributed by atoms with E-state index in [1.54, 1.807) is 0 Å². The molecule has 9 nitrogen and oxygen atoms in total. The SMILES string of the molecule is CCN(CC)C(=O)O.CCN(CC)C(=O)O.CCN(CC)C(=O)O.[C-]1=CC=CC1.[CH3-].[CH3-].[CH3-].[CH3-].[CH3-].[Ti]. The van der Waals surface area contributed by atoms with Crippen LogP contribution in [0.2, 0.25) is 0 Å². The van der Waals surface area contributed by atoms with E-state index in [4.69, 9.17) is 15.3 Å². The van der Waals surface area contributed by atoms with Gasteiger partial charge in [0.1, 0.15) is 0 Å². The van der Waals surface area contributed by atoms with Crippen molar-refractivity contribution in [3.05, 3.63) is 61.4 Å². The van der Waals surface area contributed by atoms with E-state index in [1.807, 2.05) is 53.7 Å². The Kier molecular flexibility index (Phi) is 70.7. The second-order valence-electron chi connectivity index (χ2n) is 5.37. The van der Waals surface area contributed by atoms with E-state index in [-0.39, 0.29) is 58.9 Å². The number of rotatable bonds is 6. The van der Waals surface area contributed by atoms with Crippen LogP contribution >= 0.6 is 0 Å². The molecular weight excluding hydrogens is 486 g/mol. The van der Waals surface area contributed by atoms with Gasteiger partial charge in [0, 0.05) is 61.0 Å². The van der Waals surface area contributed by atoms with Crippen LogP contribution in [-0.2, 0) is 21.7 Å². The molecule has 10 heteroatoms. The van der Waals surface area contributed by atoms with Crippen LogP contribution < -0.4 is 0 Å². The summed E-state index contributed by atoms with van der Waals surface area (Å²) in [4.78, 5) is 34.3. The van der Waals surface area contributed by atoms with Gasteiger partial charge in [0.25, 0.3) is 0 Å². The van der Waals surface area contributed by atoms with Gasteiger partial charge < -0.3 is 67.2 Å². The van der Waals surface area contributed by atoms with Gasteiger partial charge in [-0.25, -0.2) is 26.5 Å². The first kappa shape index (κ1) is 58.7. The summed E-state index contributed by atoms with van der Waals surface area (Å²) in [5.41, 5.74) is 0. The fraction of sp³-hybridized carbons (Fsp3) is 0.520. The van der Waals surface area contributed by atoms with E-state index in [1.165, 1.54) is 14.7 Å². The molecule has 3 N–H and O–H groups in total. The molecular formula is C25H53N3O6Ti-6. The minimum atomic E-state index is -0.838. The molecule has 1 aliphatic carbocycles. The molecule has 0 atom stereocenters. The number of hydrogen-bond acceptors (Lipinski definition) is 3. The van der Waals surface area contributed by atoms with Crippen molar-refractivity contribution in [2.45, 2.75) is 48.0 Å². The van der Waals surface area contributed by atoms with Crippen molar-refractivity contribution in [1.29, 1.82) is 0 Å². The van der Waals surface area contributed by atoms with Gasteiger partial charge >= 0.3 is 18.3 Å². The second-order valence-corrected chi connectivity index (χ2v) is 5.37. The monoisotopic (exact) mass is 539 g/mol. The van der Waals surface area contributed by atoms with Crippen molar-refractivity contribution in [3.63, 3.8) is 0 Å². The third-order valence-corrected chi connectivity index (χ3v) is 3.69. The Hall–Kier alpha value is -2.00. The summed E-state index contributed by atoms with van der Waals surface area (Å²) in [6.07, 6.45) is 7.49. The molecule has 1 aliphatic rings. The van der Waals surface area contributed by atoms with E-state index in [0.717, 1.165) is 6.42 Å².